The maximum Gasteiger partial charge on any atom is 0.317 e. The lowest BCUT2D eigenvalue weighted by atomic mass is 10.00. The Morgan fingerprint density at radius 1 is 1.32 bits per heavy atom. The number of carbonyl (C=O) groups is 2. The van der Waals surface area contributed by atoms with Crippen LogP contribution in [0.5, 0.6) is 0 Å². The minimum absolute atomic E-state index is 0.0611. The molecule has 5 heteroatoms. The maximum atomic E-state index is 12.2. The molecule has 0 radical (unpaired) electrons. The third kappa shape index (κ3) is 4.11. The van der Waals surface area contributed by atoms with Crippen LogP contribution < -0.4 is 5.32 Å². The second-order valence-electron chi connectivity index (χ2n) is 5.94. The van der Waals surface area contributed by atoms with E-state index in [1.54, 1.807) is 4.90 Å². The van der Waals surface area contributed by atoms with Gasteiger partial charge in [0.15, 0.2) is 0 Å². The number of likely N-dealkylation sites (tertiary alicyclic amines) is 1. The zero-order chi connectivity index (χ0) is 13.8. The molecule has 2 fully saturated rings. The first-order chi connectivity index (χ1) is 9.08. The van der Waals surface area contributed by atoms with Gasteiger partial charge in [-0.05, 0) is 43.9 Å². The first kappa shape index (κ1) is 14.2. The molecule has 0 aromatic heterocycles. The summed E-state index contributed by atoms with van der Waals surface area (Å²) >= 11 is 0. The number of nitrogens with one attached hydrogen (secondary N) is 1. The Labute approximate surface area is 114 Å². The van der Waals surface area contributed by atoms with Crippen LogP contribution in [0.4, 0.5) is 4.79 Å². The molecule has 108 valence electrons. The van der Waals surface area contributed by atoms with Crippen molar-refractivity contribution < 1.29 is 14.7 Å². The molecule has 2 amide bonds. The molecule has 0 aromatic carbocycles. The average Bonchev–Trinajstić information content (AvgIpc) is 3.19. The Balaban J connectivity index is 1.81. The molecule has 2 unspecified atom stereocenters. The highest BCUT2D eigenvalue weighted by molar-refractivity contribution is 5.76. The minimum atomic E-state index is -0.823. The van der Waals surface area contributed by atoms with E-state index in [1.807, 2.05) is 0 Å². The Morgan fingerprint density at radius 3 is 2.68 bits per heavy atom. The van der Waals surface area contributed by atoms with Crippen LogP contribution >= 0.6 is 0 Å². The van der Waals surface area contributed by atoms with Crippen molar-refractivity contribution in [3.63, 3.8) is 0 Å². The van der Waals surface area contributed by atoms with Crippen LogP contribution in [0.3, 0.4) is 0 Å². The number of hydrogen-bond donors (Lipinski definition) is 2. The molecule has 5 nitrogen and oxygen atoms in total. The number of rotatable bonds is 5. The van der Waals surface area contributed by atoms with Crippen molar-refractivity contribution in [2.24, 2.45) is 11.8 Å². The van der Waals surface area contributed by atoms with Gasteiger partial charge in [-0.1, -0.05) is 6.92 Å². The van der Waals surface area contributed by atoms with E-state index in [-0.39, 0.29) is 18.5 Å². The van der Waals surface area contributed by atoms with Crippen molar-refractivity contribution in [2.75, 3.05) is 13.1 Å². The molecule has 2 N–H and O–H groups in total. The molecule has 2 aliphatic rings. The average molecular weight is 268 g/mol. The molecule has 0 aromatic rings. The predicted molar refractivity (Wildman–Crippen MR) is 71.9 cm³/mol. The fourth-order valence-corrected chi connectivity index (χ4v) is 2.86. The molecule has 1 heterocycles. The zero-order valence-corrected chi connectivity index (χ0v) is 11.6. The lowest BCUT2D eigenvalue weighted by molar-refractivity contribution is -0.138. The monoisotopic (exact) mass is 268 g/mol. The second kappa shape index (κ2) is 6.26. The standard InChI is InChI=1S/C14H24N2O3/c1-10(11-5-6-11)9-15-14(19)16-7-3-2-4-12(16)8-13(17)18/h10-12H,2-9H2,1H3,(H,15,19)(H,17,18). The van der Waals surface area contributed by atoms with Gasteiger partial charge in [-0.25, -0.2) is 4.79 Å². The normalized spacial score (nSPS) is 24.9. The van der Waals surface area contributed by atoms with Crippen LogP contribution in [-0.2, 0) is 4.79 Å². The Hall–Kier alpha value is -1.26. The van der Waals surface area contributed by atoms with Crippen molar-refractivity contribution in [2.45, 2.75) is 51.5 Å². The van der Waals surface area contributed by atoms with Crippen molar-refractivity contribution in [1.29, 1.82) is 0 Å². The fraction of sp³-hybridized carbons (Fsp3) is 0.857. The van der Waals surface area contributed by atoms with Crippen molar-refractivity contribution in [3.8, 4) is 0 Å². The summed E-state index contributed by atoms with van der Waals surface area (Å²) in [4.78, 5) is 24.7. The van der Waals surface area contributed by atoms with Gasteiger partial charge >= 0.3 is 12.0 Å². The summed E-state index contributed by atoms with van der Waals surface area (Å²) in [5.74, 6) is 0.485. The van der Waals surface area contributed by atoms with Crippen molar-refractivity contribution in [1.82, 2.24) is 10.2 Å². The quantitative estimate of drug-likeness (QED) is 0.802. The number of amides is 2. The molecule has 0 bridgehead atoms. The third-order valence-corrected chi connectivity index (χ3v) is 4.30. The van der Waals surface area contributed by atoms with Crippen LogP contribution in [-0.4, -0.2) is 41.1 Å². The third-order valence-electron chi connectivity index (χ3n) is 4.30. The minimum Gasteiger partial charge on any atom is -0.481 e. The Kier molecular flexibility index (Phi) is 4.66. The van der Waals surface area contributed by atoms with Crippen LogP contribution in [0.25, 0.3) is 0 Å². The highest BCUT2D eigenvalue weighted by Crippen LogP contribution is 2.36. The Bertz CT molecular complexity index is 342. The van der Waals surface area contributed by atoms with Crippen LogP contribution in [0.15, 0.2) is 0 Å². The second-order valence-corrected chi connectivity index (χ2v) is 5.94. The van der Waals surface area contributed by atoms with E-state index < -0.39 is 5.97 Å². The van der Waals surface area contributed by atoms with Gasteiger partial charge in [-0.3, -0.25) is 4.79 Å². The van der Waals surface area contributed by atoms with Crippen molar-refractivity contribution in [3.05, 3.63) is 0 Å². The maximum absolute atomic E-state index is 12.2. The van der Waals surface area contributed by atoms with E-state index in [1.165, 1.54) is 12.8 Å². The molecule has 2 atom stereocenters. The van der Waals surface area contributed by atoms with E-state index in [9.17, 15) is 9.59 Å². The number of nitrogens with zero attached hydrogens (tertiary/aromatic N) is 1. The highest BCUT2D eigenvalue weighted by Gasteiger charge is 2.31. The van der Waals surface area contributed by atoms with Gasteiger partial charge < -0.3 is 15.3 Å². The number of carboxylic acids is 1. The Morgan fingerprint density at radius 2 is 2.05 bits per heavy atom. The number of piperidine rings is 1. The smallest absolute Gasteiger partial charge is 0.317 e. The molecular formula is C14H24N2O3. The molecule has 1 saturated heterocycles. The molecule has 1 aliphatic heterocycles. The number of carboxylic acid groups (broad SMARTS) is 1. The lowest BCUT2D eigenvalue weighted by Crippen LogP contribution is -2.50. The molecule has 1 saturated carbocycles. The van der Waals surface area contributed by atoms with E-state index in [2.05, 4.69) is 12.2 Å². The summed E-state index contributed by atoms with van der Waals surface area (Å²) in [7, 11) is 0. The van der Waals surface area contributed by atoms with Gasteiger partial charge in [0.1, 0.15) is 0 Å². The summed E-state index contributed by atoms with van der Waals surface area (Å²) < 4.78 is 0. The number of urea groups is 1. The highest BCUT2D eigenvalue weighted by atomic mass is 16.4. The van der Waals surface area contributed by atoms with Gasteiger partial charge in [-0.15, -0.1) is 0 Å². The van der Waals surface area contributed by atoms with E-state index in [4.69, 9.17) is 5.11 Å². The van der Waals surface area contributed by atoms with Gasteiger partial charge in [0, 0.05) is 19.1 Å². The lowest BCUT2D eigenvalue weighted by Gasteiger charge is -2.35. The van der Waals surface area contributed by atoms with Crippen LogP contribution in [0.1, 0.15) is 45.4 Å². The van der Waals surface area contributed by atoms with Crippen LogP contribution in [0.2, 0.25) is 0 Å². The molecule has 0 spiro atoms. The molecule has 19 heavy (non-hydrogen) atoms. The summed E-state index contributed by atoms with van der Waals surface area (Å²) in [5.41, 5.74) is 0. The summed E-state index contributed by atoms with van der Waals surface area (Å²) in [5, 5.41) is 11.9. The number of aliphatic carboxylic acids is 1. The first-order valence-corrected chi connectivity index (χ1v) is 7.34. The number of carbonyl (C=O) groups excluding carboxylic acids is 1. The summed E-state index contributed by atoms with van der Waals surface area (Å²) in [6.45, 7) is 3.56. The van der Waals surface area contributed by atoms with Crippen molar-refractivity contribution >= 4 is 12.0 Å². The molecular weight excluding hydrogens is 244 g/mol. The van der Waals surface area contributed by atoms with Gasteiger partial charge in [0.25, 0.3) is 0 Å². The van der Waals surface area contributed by atoms with Gasteiger partial charge in [0.2, 0.25) is 0 Å². The largest absolute Gasteiger partial charge is 0.481 e. The summed E-state index contributed by atoms with van der Waals surface area (Å²) in [6.07, 6.45) is 5.41. The van der Waals surface area contributed by atoms with E-state index >= 15 is 0 Å². The zero-order valence-electron chi connectivity index (χ0n) is 11.6. The van der Waals surface area contributed by atoms with Gasteiger partial charge in [-0.2, -0.15) is 0 Å². The SMILES string of the molecule is CC(CNC(=O)N1CCCCC1CC(=O)O)C1CC1. The topological polar surface area (TPSA) is 69.6 Å². The predicted octanol–water partition coefficient (Wildman–Crippen LogP) is 2.07. The summed E-state index contributed by atoms with van der Waals surface area (Å²) in [6, 6.07) is -0.221. The van der Waals surface area contributed by atoms with Crippen LogP contribution in [0, 0.1) is 11.8 Å². The van der Waals surface area contributed by atoms with E-state index in [0.29, 0.717) is 19.0 Å². The first-order valence-electron chi connectivity index (χ1n) is 7.34. The molecule has 1 aliphatic carbocycles. The van der Waals surface area contributed by atoms with E-state index in [0.717, 1.165) is 25.2 Å². The molecule has 2 rings (SSSR count). The fourth-order valence-electron chi connectivity index (χ4n) is 2.86. The number of hydrogen-bond acceptors (Lipinski definition) is 2. The van der Waals surface area contributed by atoms with Gasteiger partial charge in [0.05, 0.1) is 6.42 Å².